The summed E-state index contributed by atoms with van der Waals surface area (Å²) in [4.78, 5) is 26.0. The summed E-state index contributed by atoms with van der Waals surface area (Å²) < 4.78 is 5.03. The van der Waals surface area contributed by atoms with E-state index in [4.69, 9.17) is 4.52 Å². The molecule has 2 N–H and O–H groups in total. The van der Waals surface area contributed by atoms with E-state index in [1.807, 2.05) is 30.3 Å². The summed E-state index contributed by atoms with van der Waals surface area (Å²) in [6, 6.07) is 13.1. The molecule has 0 unspecified atom stereocenters. The lowest BCUT2D eigenvalue weighted by Gasteiger charge is -2.31. The predicted octanol–water partition coefficient (Wildman–Crippen LogP) is 4.60. The molecule has 3 aromatic rings. The minimum Gasteiger partial charge on any atom is -0.363 e. The molecule has 0 saturated heterocycles. The van der Waals surface area contributed by atoms with Gasteiger partial charge in [0.05, 0.1) is 16.5 Å². The maximum atomic E-state index is 13.1. The molecule has 1 aromatic heterocycles. The molecule has 0 aliphatic heterocycles. The first-order valence-electron chi connectivity index (χ1n) is 10.8. The Morgan fingerprint density at radius 1 is 1.06 bits per heavy atom. The van der Waals surface area contributed by atoms with Gasteiger partial charge in [0.25, 0.3) is 11.8 Å². The molecule has 0 spiro atoms. The monoisotopic (exact) mass is 419 g/mol. The normalized spacial score (nSPS) is 15.7. The summed E-state index contributed by atoms with van der Waals surface area (Å²) in [6.45, 7) is 6.78. The molecule has 2 amide bonds. The van der Waals surface area contributed by atoms with E-state index in [-0.39, 0.29) is 17.2 Å². The van der Waals surface area contributed by atoms with Gasteiger partial charge in [-0.05, 0) is 48.1 Å². The van der Waals surface area contributed by atoms with E-state index >= 15 is 0 Å². The van der Waals surface area contributed by atoms with Crippen LogP contribution in [0.3, 0.4) is 0 Å². The molecule has 0 atom stereocenters. The lowest BCUT2D eigenvalue weighted by atomic mass is 9.86. The van der Waals surface area contributed by atoms with Crippen LogP contribution in [0.4, 0.5) is 0 Å². The number of aromatic nitrogens is 1. The molecule has 162 valence electrons. The van der Waals surface area contributed by atoms with Crippen molar-refractivity contribution < 1.29 is 14.1 Å². The quantitative estimate of drug-likeness (QED) is 0.633. The Bertz CT molecular complexity index is 1100. The van der Waals surface area contributed by atoms with Crippen molar-refractivity contribution in [2.45, 2.75) is 57.4 Å². The summed E-state index contributed by atoms with van der Waals surface area (Å²) in [5.74, 6) is -0.285. The predicted molar refractivity (Wildman–Crippen MR) is 120 cm³/mol. The number of fused-ring (bicyclic) bond motifs is 1. The Morgan fingerprint density at radius 2 is 1.81 bits per heavy atom. The van der Waals surface area contributed by atoms with E-state index in [0.717, 1.165) is 31.2 Å². The van der Waals surface area contributed by atoms with Gasteiger partial charge in [0.1, 0.15) is 11.8 Å². The van der Waals surface area contributed by atoms with Crippen LogP contribution in [0.2, 0.25) is 0 Å². The standard InChI is InChI=1S/C25H29N3O3/c1-24(2,3)18-9-6-8-17(14-18)22(29)26-16-25(12-4-5-13-25)27-23(30)19-10-7-11-21-20(19)15-31-28-21/h6-11,14-15H,4-5,12-13,16H2,1-3H3,(H,26,29)(H,27,30). The van der Waals surface area contributed by atoms with E-state index < -0.39 is 5.54 Å². The lowest BCUT2D eigenvalue weighted by molar-refractivity contribution is 0.0868. The Kier molecular flexibility index (Phi) is 5.56. The zero-order valence-corrected chi connectivity index (χ0v) is 18.3. The van der Waals surface area contributed by atoms with Crippen molar-refractivity contribution in [3.8, 4) is 0 Å². The zero-order chi connectivity index (χ0) is 22.1. The number of carbonyl (C=O) groups is 2. The number of rotatable bonds is 5. The van der Waals surface area contributed by atoms with Crippen LogP contribution in [0.25, 0.3) is 10.9 Å². The molecule has 1 fully saturated rings. The van der Waals surface area contributed by atoms with E-state index in [0.29, 0.717) is 28.6 Å². The van der Waals surface area contributed by atoms with Gasteiger partial charge in [0, 0.05) is 12.1 Å². The van der Waals surface area contributed by atoms with Crippen LogP contribution in [0.1, 0.15) is 72.7 Å². The van der Waals surface area contributed by atoms with Crippen molar-refractivity contribution in [1.29, 1.82) is 0 Å². The van der Waals surface area contributed by atoms with E-state index in [9.17, 15) is 9.59 Å². The van der Waals surface area contributed by atoms with Crippen LogP contribution in [0.15, 0.2) is 53.3 Å². The number of benzene rings is 2. The van der Waals surface area contributed by atoms with E-state index in [2.05, 4.69) is 36.6 Å². The number of nitrogens with one attached hydrogen (secondary N) is 2. The molecular weight excluding hydrogens is 390 g/mol. The number of amides is 2. The largest absolute Gasteiger partial charge is 0.363 e. The Hall–Kier alpha value is -3.15. The average Bonchev–Trinajstić information content (AvgIpc) is 3.41. The SMILES string of the molecule is CC(C)(C)c1cccc(C(=O)NCC2(NC(=O)c3cccc4nocc34)CCCC2)c1. The summed E-state index contributed by atoms with van der Waals surface area (Å²) in [5, 5.41) is 10.9. The highest BCUT2D eigenvalue weighted by molar-refractivity contribution is 6.06. The molecule has 1 saturated carbocycles. The summed E-state index contributed by atoms with van der Waals surface area (Å²) >= 11 is 0. The fourth-order valence-corrected chi connectivity index (χ4v) is 4.27. The van der Waals surface area contributed by atoms with Gasteiger partial charge >= 0.3 is 0 Å². The smallest absolute Gasteiger partial charge is 0.252 e. The van der Waals surface area contributed by atoms with Gasteiger partial charge in [0.2, 0.25) is 0 Å². The van der Waals surface area contributed by atoms with Crippen LogP contribution in [-0.2, 0) is 5.41 Å². The van der Waals surface area contributed by atoms with Crippen LogP contribution in [0, 0.1) is 0 Å². The molecule has 6 nitrogen and oxygen atoms in total. The summed E-state index contributed by atoms with van der Waals surface area (Å²) in [5.41, 5.74) is 2.47. The molecule has 1 aliphatic carbocycles. The van der Waals surface area contributed by atoms with E-state index in [1.165, 1.54) is 6.26 Å². The van der Waals surface area contributed by atoms with Gasteiger partial charge in [-0.15, -0.1) is 0 Å². The average molecular weight is 420 g/mol. The third-order valence-electron chi connectivity index (χ3n) is 6.17. The fourth-order valence-electron chi connectivity index (χ4n) is 4.27. The Morgan fingerprint density at radius 3 is 2.55 bits per heavy atom. The topological polar surface area (TPSA) is 84.2 Å². The van der Waals surface area contributed by atoms with Gasteiger partial charge in [-0.25, -0.2) is 0 Å². The van der Waals surface area contributed by atoms with Crippen molar-refractivity contribution in [3.05, 3.63) is 65.4 Å². The van der Waals surface area contributed by atoms with Crippen LogP contribution >= 0.6 is 0 Å². The number of carbonyl (C=O) groups excluding carboxylic acids is 2. The second-order valence-corrected chi connectivity index (χ2v) is 9.51. The molecule has 1 aliphatic rings. The maximum absolute atomic E-state index is 13.1. The minimum absolute atomic E-state index is 0.0279. The molecule has 31 heavy (non-hydrogen) atoms. The highest BCUT2D eigenvalue weighted by Crippen LogP contribution is 2.30. The van der Waals surface area contributed by atoms with Gasteiger partial charge < -0.3 is 15.2 Å². The molecule has 2 aromatic carbocycles. The van der Waals surface area contributed by atoms with Gasteiger partial charge in [-0.1, -0.05) is 57.0 Å². The maximum Gasteiger partial charge on any atom is 0.252 e. The number of hydrogen-bond donors (Lipinski definition) is 2. The van der Waals surface area contributed by atoms with Crippen molar-refractivity contribution in [3.63, 3.8) is 0 Å². The van der Waals surface area contributed by atoms with Crippen molar-refractivity contribution in [2.75, 3.05) is 6.54 Å². The first-order chi connectivity index (χ1) is 14.8. The number of hydrogen-bond acceptors (Lipinski definition) is 4. The van der Waals surface area contributed by atoms with E-state index in [1.54, 1.807) is 12.1 Å². The Balaban J connectivity index is 1.48. The Labute approximate surface area is 182 Å². The van der Waals surface area contributed by atoms with Crippen LogP contribution < -0.4 is 10.6 Å². The zero-order valence-electron chi connectivity index (χ0n) is 18.3. The fraction of sp³-hybridized carbons (Fsp3) is 0.400. The molecule has 0 bridgehead atoms. The van der Waals surface area contributed by atoms with Crippen molar-refractivity contribution in [2.24, 2.45) is 0 Å². The first kappa shape index (κ1) is 21.1. The molecule has 1 heterocycles. The highest BCUT2D eigenvalue weighted by atomic mass is 16.5. The lowest BCUT2D eigenvalue weighted by Crippen LogP contribution is -2.54. The molecular formula is C25H29N3O3. The third kappa shape index (κ3) is 4.48. The summed E-state index contributed by atoms with van der Waals surface area (Å²) in [7, 11) is 0. The summed E-state index contributed by atoms with van der Waals surface area (Å²) in [6.07, 6.45) is 5.21. The van der Waals surface area contributed by atoms with Gasteiger partial charge in [-0.2, -0.15) is 0 Å². The molecule has 0 radical (unpaired) electrons. The van der Waals surface area contributed by atoms with Crippen LogP contribution in [0.5, 0.6) is 0 Å². The molecule has 6 heteroatoms. The number of nitrogens with zero attached hydrogens (tertiary/aromatic N) is 1. The third-order valence-corrected chi connectivity index (χ3v) is 6.17. The second kappa shape index (κ2) is 8.17. The van der Waals surface area contributed by atoms with Gasteiger partial charge in [0.15, 0.2) is 0 Å². The van der Waals surface area contributed by atoms with Crippen molar-refractivity contribution >= 4 is 22.7 Å². The van der Waals surface area contributed by atoms with Crippen molar-refractivity contribution in [1.82, 2.24) is 15.8 Å². The molecule has 4 rings (SSSR count). The highest BCUT2D eigenvalue weighted by Gasteiger charge is 2.36. The first-order valence-corrected chi connectivity index (χ1v) is 10.8. The van der Waals surface area contributed by atoms with Crippen LogP contribution in [-0.4, -0.2) is 29.1 Å². The second-order valence-electron chi connectivity index (χ2n) is 9.51. The minimum atomic E-state index is -0.451. The van der Waals surface area contributed by atoms with Gasteiger partial charge in [-0.3, -0.25) is 9.59 Å².